The molecule has 0 bridgehead atoms. The van der Waals surface area contributed by atoms with Crippen LogP contribution < -0.4 is 16.4 Å². The highest BCUT2D eigenvalue weighted by Crippen LogP contribution is 2.30. The van der Waals surface area contributed by atoms with Gasteiger partial charge in [0.15, 0.2) is 0 Å². The van der Waals surface area contributed by atoms with Gasteiger partial charge >= 0.3 is 0 Å². The zero-order valence-electron chi connectivity index (χ0n) is 24.4. The second-order valence-electron chi connectivity index (χ2n) is 10.9. The Morgan fingerprint density at radius 3 is 2.42 bits per heavy atom. The quantitative estimate of drug-likeness (QED) is 0.350. The maximum absolute atomic E-state index is 6.10. The summed E-state index contributed by atoms with van der Waals surface area (Å²) >= 11 is 6.07. The number of piperazine rings is 1. The summed E-state index contributed by atoms with van der Waals surface area (Å²) < 4.78 is 0. The number of halogens is 1. The number of anilines is 2. The Labute approximate surface area is 245 Å². The molecule has 0 saturated carbocycles. The molecule has 0 unspecified atom stereocenters. The summed E-state index contributed by atoms with van der Waals surface area (Å²) in [6, 6.07) is 14.3. The van der Waals surface area contributed by atoms with Crippen molar-refractivity contribution in [1.29, 1.82) is 0 Å². The maximum Gasteiger partial charge on any atom is 0.126 e. The van der Waals surface area contributed by atoms with Gasteiger partial charge in [0.05, 0.1) is 11.3 Å². The first-order valence-corrected chi connectivity index (χ1v) is 14.9. The van der Waals surface area contributed by atoms with E-state index < -0.39 is 0 Å². The van der Waals surface area contributed by atoms with E-state index in [4.69, 9.17) is 23.1 Å². The second kappa shape index (κ2) is 13.8. The molecule has 7 heteroatoms. The van der Waals surface area contributed by atoms with Crippen molar-refractivity contribution < 1.29 is 0 Å². The fraction of sp³-hybridized carbons (Fsp3) is 0.424. The first-order valence-electron chi connectivity index (χ1n) is 14.6. The highest BCUT2D eigenvalue weighted by molar-refractivity contribution is 6.31. The van der Waals surface area contributed by atoms with Gasteiger partial charge in [-0.15, -0.1) is 0 Å². The summed E-state index contributed by atoms with van der Waals surface area (Å²) in [4.78, 5) is 11.4. The van der Waals surface area contributed by atoms with E-state index >= 15 is 0 Å². The minimum Gasteiger partial charge on any atom is -0.386 e. The van der Waals surface area contributed by atoms with Crippen molar-refractivity contribution in [3.8, 4) is 0 Å². The molecular weight excluding hydrogens is 516 g/mol. The number of fused-ring (bicyclic) bond motifs is 1. The van der Waals surface area contributed by atoms with E-state index in [0.29, 0.717) is 10.8 Å². The third-order valence-electron chi connectivity index (χ3n) is 8.00. The average Bonchev–Trinajstić information content (AvgIpc) is 3.14. The Kier molecular flexibility index (Phi) is 10.2. The highest BCUT2D eigenvalue weighted by atomic mass is 35.5. The molecule has 2 saturated heterocycles. The van der Waals surface area contributed by atoms with Crippen LogP contribution in [0.2, 0.25) is 5.02 Å². The third kappa shape index (κ3) is 7.42. The Morgan fingerprint density at radius 2 is 1.73 bits per heavy atom. The van der Waals surface area contributed by atoms with Gasteiger partial charge < -0.3 is 26.2 Å². The molecule has 2 aliphatic rings. The number of rotatable bonds is 5. The van der Waals surface area contributed by atoms with Gasteiger partial charge in [-0.1, -0.05) is 49.7 Å². The molecule has 0 aliphatic carbocycles. The van der Waals surface area contributed by atoms with Crippen LogP contribution in [-0.4, -0.2) is 47.5 Å². The number of nitrogens with zero attached hydrogens (tertiary/aromatic N) is 4. The SMILES string of the molecule is C=C1CCCCCN1Cc1c(C)cccc1C.CC/C=C(\N)N1CCN(c2cc(N)nc3cc(Cl)ccc23)CC1. The molecule has 40 heavy (non-hydrogen) atoms. The van der Waals surface area contributed by atoms with E-state index in [1.807, 2.05) is 24.3 Å². The number of likely N-dealkylation sites (tertiary alicyclic amines) is 1. The number of pyridine rings is 1. The Bertz CT molecular complexity index is 1320. The predicted octanol–water partition coefficient (Wildman–Crippen LogP) is 7.00. The molecule has 0 atom stereocenters. The zero-order chi connectivity index (χ0) is 28.6. The van der Waals surface area contributed by atoms with Crippen LogP contribution in [0.5, 0.6) is 0 Å². The molecule has 1 aromatic heterocycles. The van der Waals surface area contributed by atoms with Crippen molar-refractivity contribution in [3.05, 3.63) is 88.4 Å². The van der Waals surface area contributed by atoms with Gasteiger partial charge in [-0.05, 0) is 80.5 Å². The highest BCUT2D eigenvalue weighted by Gasteiger charge is 2.20. The number of aryl methyl sites for hydroxylation is 2. The summed E-state index contributed by atoms with van der Waals surface area (Å²) in [7, 11) is 0. The van der Waals surface area contributed by atoms with Gasteiger partial charge in [0.2, 0.25) is 0 Å². The minimum absolute atomic E-state index is 0.516. The lowest BCUT2D eigenvalue weighted by Gasteiger charge is -2.37. The van der Waals surface area contributed by atoms with Gasteiger partial charge in [0.1, 0.15) is 5.82 Å². The minimum atomic E-state index is 0.516. The van der Waals surface area contributed by atoms with Crippen molar-refractivity contribution in [2.75, 3.05) is 43.4 Å². The van der Waals surface area contributed by atoms with Crippen LogP contribution in [0.4, 0.5) is 11.5 Å². The Morgan fingerprint density at radius 1 is 1.00 bits per heavy atom. The van der Waals surface area contributed by atoms with Crippen LogP contribution in [0.15, 0.2) is 66.6 Å². The Balaban J connectivity index is 0.000000194. The summed E-state index contributed by atoms with van der Waals surface area (Å²) in [5.74, 6) is 1.39. The van der Waals surface area contributed by atoms with Crippen molar-refractivity contribution >= 4 is 34.0 Å². The zero-order valence-corrected chi connectivity index (χ0v) is 25.2. The van der Waals surface area contributed by atoms with E-state index in [-0.39, 0.29) is 0 Å². The van der Waals surface area contributed by atoms with Crippen LogP contribution >= 0.6 is 11.6 Å². The molecule has 3 aromatic rings. The predicted molar refractivity (Wildman–Crippen MR) is 171 cm³/mol. The molecule has 2 aliphatic heterocycles. The van der Waals surface area contributed by atoms with E-state index in [1.165, 1.54) is 54.6 Å². The molecule has 0 spiro atoms. The smallest absolute Gasteiger partial charge is 0.126 e. The monoisotopic (exact) mass is 560 g/mol. The molecule has 4 N–H and O–H groups in total. The van der Waals surface area contributed by atoms with Gasteiger partial charge in [0.25, 0.3) is 0 Å². The fourth-order valence-electron chi connectivity index (χ4n) is 5.61. The largest absolute Gasteiger partial charge is 0.386 e. The normalized spacial score (nSPS) is 16.6. The van der Waals surface area contributed by atoms with Crippen molar-refractivity contribution in [2.45, 2.75) is 59.4 Å². The number of aromatic nitrogens is 1. The van der Waals surface area contributed by atoms with Crippen LogP contribution in [-0.2, 0) is 6.54 Å². The van der Waals surface area contributed by atoms with Crippen molar-refractivity contribution in [2.24, 2.45) is 5.73 Å². The molecule has 6 nitrogen and oxygen atoms in total. The topological polar surface area (TPSA) is 74.7 Å². The van der Waals surface area contributed by atoms with Crippen LogP contribution in [0.25, 0.3) is 10.9 Å². The number of hydrogen-bond donors (Lipinski definition) is 2. The summed E-state index contributed by atoms with van der Waals surface area (Å²) in [6.45, 7) is 16.6. The number of benzene rings is 2. The van der Waals surface area contributed by atoms with E-state index in [9.17, 15) is 0 Å². The molecule has 0 radical (unpaired) electrons. The molecule has 5 rings (SSSR count). The lowest BCUT2D eigenvalue weighted by Crippen LogP contribution is -2.47. The van der Waals surface area contributed by atoms with Crippen LogP contribution in [0.3, 0.4) is 0 Å². The summed E-state index contributed by atoms with van der Waals surface area (Å²) in [6.07, 6.45) is 8.16. The number of nitrogen functional groups attached to an aromatic ring is 1. The molecule has 3 heterocycles. The van der Waals surface area contributed by atoms with E-state index in [2.05, 4.69) is 71.3 Å². The van der Waals surface area contributed by atoms with Crippen molar-refractivity contribution in [3.63, 3.8) is 0 Å². The molecule has 2 fully saturated rings. The van der Waals surface area contributed by atoms with E-state index in [1.54, 1.807) is 0 Å². The van der Waals surface area contributed by atoms with E-state index in [0.717, 1.165) is 61.6 Å². The molecule has 0 amide bonds. The van der Waals surface area contributed by atoms with Gasteiger partial charge in [0, 0.05) is 67.1 Å². The number of nitrogens with two attached hydrogens (primary N) is 2. The maximum atomic E-state index is 6.10. The number of allylic oxidation sites excluding steroid dienone is 2. The average molecular weight is 561 g/mol. The standard InChI is InChI=1S/C17H22ClN5.C16H23N/c1-2-3-17(20)23-8-6-22(7-9-23)15-11-16(19)21-14-10-12(18)4-5-13(14)15;1-13-8-7-9-14(2)16(13)12-17-11-6-4-5-10-15(17)3/h3-5,10-11H,2,6-9,20H2,1H3,(H2,19,21);7-9H,3-6,10-12H2,1-2H3/b17-3+;. The molecule has 2 aromatic carbocycles. The third-order valence-corrected chi connectivity index (χ3v) is 8.24. The van der Waals surface area contributed by atoms with Crippen LogP contribution in [0, 0.1) is 13.8 Å². The lowest BCUT2D eigenvalue weighted by molar-refractivity contribution is 0.317. The fourth-order valence-corrected chi connectivity index (χ4v) is 5.78. The molecule has 214 valence electrons. The lowest BCUT2D eigenvalue weighted by atomic mass is 10.0. The number of hydrogen-bond acceptors (Lipinski definition) is 6. The second-order valence-corrected chi connectivity index (χ2v) is 11.3. The summed E-state index contributed by atoms with van der Waals surface area (Å²) in [5, 5.41) is 1.75. The van der Waals surface area contributed by atoms with Crippen molar-refractivity contribution in [1.82, 2.24) is 14.8 Å². The first kappa shape index (κ1) is 29.6. The Hall–Kier alpha value is -3.38. The van der Waals surface area contributed by atoms with Gasteiger partial charge in [-0.2, -0.15) is 0 Å². The van der Waals surface area contributed by atoms with Gasteiger partial charge in [-0.3, -0.25) is 0 Å². The molecular formula is C33H45ClN6. The van der Waals surface area contributed by atoms with Gasteiger partial charge in [-0.25, -0.2) is 4.98 Å². The first-order chi connectivity index (χ1) is 19.3. The van der Waals surface area contributed by atoms with Crippen LogP contribution in [0.1, 0.15) is 55.7 Å². The summed E-state index contributed by atoms with van der Waals surface area (Å²) in [5.41, 5.74) is 19.6.